The third kappa shape index (κ3) is 1.82. The second kappa shape index (κ2) is 5.07. The molecule has 0 saturated heterocycles. The van der Waals surface area contributed by atoms with Gasteiger partial charge in [-0.1, -0.05) is 30.3 Å². The highest BCUT2D eigenvalue weighted by atomic mass is 16.6. The molecule has 2 aromatic heterocycles. The molecular formula is C23H18N2O2. The molecule has 5 aromatic rings. The van der Waals surface area contributed by atoms with Crippen LogP contribution in [-0.4, -0.2) is 9.13 Å². The largest absolute Gasteiger partial charge is 0.449 e. The quantitative estimate of drug-likeness (QED) is 0.351. The molecule has 0 N–H and O–H groups in total. The fourth-order valence-electron chi connectivity index (χ4n) is 4.37. The Labute approximate surface area is 156 Å². The van der Waals surface area contributed by atoms with Gasteiger partial charge in [-0.05, 0) is 25.1 Å². The van der Waals surface area contributed by atoms with Crippen molar-refractivity contribution < 1.29 is 9.47 Å². The van der Waals surface area contributed by atoms with Crippen LogP contribution in [0.25, 0.3) is 32.6 Å². The van der Waals surface area contributed by atoms with E-state index < -0.39 is 0 Å². The molecule has 0 spiro atoms. The SMILES string of the molecule is CCn1c2ccccc2c2c3cn(C)cc3c3c(c21)Oc1ccccc1O3. The zero-order valence-electron chi connectivity index (χ0n) is 15.2. The van der Waals surface area contributed by atoms with Gasteiger partial charge in [0, 0.05) is 53.0 Å². The number of hydrogen-bond donors (Lipinski definition) is 0. The van der Waals surface area contributed by atoms with Crippen LogP contribution in [0.3, 0.4) is 0 Å². The fraction of sp³-hybridized carbons (Fsp3) is 0.130. The summed E-state index contributed by atoms with van der Waals surface area (Å²) in [6.45, 7) is 3.03. The Balaban J connectivity index is 1.87. The number of aryl methyl sites for hydroxylation is 2. The van der Waals surface area contributed by atoms with E-state index in [1.165, 1.54) is 21.7 Å². The Morgan fingerprint density at radius 3 is 2.22 bits per heavy atom. The van der Waals surface area contributed by atoms with Crippen molar-refractivity contribution in [1.82, 2.24) is 9.13 Å². The summed E-state index contributed by atoms with van der Waals surface area (Å²) in [5.41, 5.74) is 2.32. The van der Waals surface area contributed by atoms with Crippen LogP contribution in [0.4, 0.5) is 0 Å². The molecule has 3 aromatic carbocycles. The molecule has 0 radical (unpaired) electrons. The number of nitrogens with zero attached hydrogens (tertiary/aromatic N) is 2. The van der Waals surface area contributed by atoms with Gasteiger partial charge in [-0.2, -0.15) is 0 Å². The number of fused-ring (bicyclic) bond motifs is 9. The minimum Gasteiger partial charge on any atom is -0.449 e. The van der Waals surface area contributed by atoms with Gasteiger partial charge in [0.2, 0.25) is 0 Å². The number of benzene rings is 3. The summed E-state index contributed by atoms with van der Waals surface area (Å²) in [4.78, 5) is 0. The molecular weight excluding hydrogens is 336 g/mol. The van der Waals surface area contributed by atoms with Crippen molar-refractivity contribution in [3.8, 4) is 23.0 Å². The van der Waals surface area contributed by atoms with E-state index in [1.807, 2.05) is 24.3 Å². The first-order valence-corrected chi connectivity index (χ1v) is 9.23. The minimum atomic E-state index is 0.758. The van der Waals surface area contributed by atoms with Crippen LogP contribution in [0.15, 0.2) is 60.9 Å². The standard InChI is InChI=1S/C23H18N2O2/c1-3-25-17-9-5-4-8-14(17)20-15-12-24(2)13-16(15)22-23(21(20)25)27-19-11-7-6-10-18(19)26-22/h4-13H,3H2,1-2H3. The van der Waals surface area contributed by atoms with Crippen molar-refractivity contribution >= 4 is 32.6 Å². The third-order valence-electron chi connectivity index (χ3n) is 5.45. The third-order valence-corrected chi connectivity index (χ3v) is 5.45. The van der Waals surface area contributed by atoms with Gasteiger partial charge in [-0.25, -0.2) is 0 Å². The van der Waals surface area contributed by atoms with E-state index in [4.69, 9.17) is 9.47 Å². The van der Waals surface area contributed by atoms with Gasteiger partial charge in [-0.3, -0.25) is 0 Å². The zero-order chi connectivity index (χ0) is 18.1. The Kier molecular flexibility index (Phi) is 2.77. The first-order valence-electron chi connectivity index (χ1n) is 9.23. The highest BCUT2D eigenvalue weighted by molar-refractivity contribution is 6.24. The smallest absolute Gasteiger partial charge is 0.195 e. The van der Waals surface area contributed by atoms with Crippen molar-refractivity contribution in [2.24, 2.45) is 7.05 Å². The topological polar surface area (TPSA) is 28.3 Å². The summed E-state index contributed by atoms with van der Waals surface area (Å²) >= 11 is 0. The Bertz CT molecular complexity index is 1370. The Hall–Kier alpha value is -3.40. The maximum absolute atomic E-state index is 6.43. The van der Waals surface area contributed by atoms with E-state index in [0.717, 1.165) is 40.4 Å². The summed E-state index contributed by atoms with van der Waals surface area (Å²) in [5.74, 6) is 3.12. The zero-order valence-corrected chi connectivity index (χ0v) is 15.2. The summed E-state index contributed by atoms with van der Waals surface area (Å²) in [6, 6.07) is 16.4. The monoisotopic (exact) mass is 354 g/mol. The van der Waals surface area contributed by atoms with Crippen LogP contribution in [0.2, 0.25) is 0 Å². The predicted molar refractivity (Wildman–Crippen MR) is 108 cm³/mol. The number of rotatable bonds is 1. The van der Waals surface area contributed by atoms with Gasteiger partial charge in [0.1, 0.15) is 0 Å². The van der Waals surface area contributed by atoms with Gasteiger partial charge < -0.3 is 18.6 Å². The normalized spacial score (nSPS) is 12.8. The van der Waals surface area contributed by atoms with E-state index >= 15 is 0 Å². The van der Waals surface area contributed by atoms with Gasteiger partial charge in [0.15, 0.2) is 23.0 Å². The number of para-hydroxylation sites is 3. The van der Waals surface area contributed by atoms with E-state index in [-0.39, 0.29) is 0 Å². The molecule has 6 rings (SSSR count). The maximum atomic E-state index is 6.43. The molecule has 0 amide bonds. The summed E-state index contributed by atoms with van der Waals surface area (Å²) in [5, 5.41) is 4.74. The molecule has 0 unspecified atom stereocenters. The predicted octanol–water partition coefficient (Wildman–Crippen LogP) is 6.20. The van der Waals surface area contributed by atoms with E-state index in [0.29, 0.717) is 0 Å². The van der Waals surface area contributed by atoms with E-state index in [9.17, 15) is 0 Å². The Morgan fingerprint density at radius 2 is 1.44 bits per heavy atom. The van der Waals surface area contributed by atoms with Crippen molar-refractivity contribution in [1.29, 1.82) is 0 Å². The fourth-order valence-corrected chi connectivity index (χ4v) is 4.37. The molecule has 3 heterocycles. The summed E-state index contributed by atoms with van der Waals surface area (Å²) in [7, 11) is 2.05. The molecule has 27 heavy (non-hydrogen) atoms. The van der Waals surface area contributed by atoms with Crippen LogP contribution in [-0.2, 0) is 13.6 Å². The molecule has 0 atom stereocenters. The van der Waals surface area contributed by atoms with Gasteiger partial charge >= 0.3 is 0 Å². The van der Waals surface area contributed by atoms with E-state index in [1.54, 1.807) is 0 Å². The summed E-state index contributed by atoms with van der Waals surface area (Å²) < 4.78 is 17.2. The first kappa shape index (κ1) is 14.7. The lowest BCUT2D eigenvalue weighted by molar-refractivity contribution is 0.365. The van der Waals surface area contributed by atoms with Gasteiger partial charge in [-0.15, -0.1) is 0 Å². The second-order valence-electron chi connectivity index (χ2n) is 7.05. The summed E-state index contributed by atoms with van der Waals surface area (Å²) in [6.07, 6.45) is 4.29. The number of ether oxygens (including phenoxy) is 2. The molecule has 132 valence electrons. The first-order chi connectivity index (χ1) is 13.3. The number of aromatic nitrogens is 2. The minimum absolute atomic E-state index is 0.758. The average Bonchev–Trinajstić information content (AvgIpc) is 3.24. The molecule has 0 fully saturated rings. The van der Waals surface area contributed by atoms with Crippen LogP contribution in [0.1, 0.15) is 6.92 Å². The number of hydrogen-bond acceptors (Lipinski definition) is 2. The molecule has 0 aliphatic carbocycles. The maximum Gasteiger partial charge on any atom is 0.195 e. The second-order valence-corrected chi connectivity index (χ2v) is 7.05. The molecule has 4 heteroatoms. The lowest BCUT2D eigenvalue weighted by Gasteiger charge is -2.22. The van der Waals surface area contributed by atoms with Crippen LogP contribution < -0.4 is 9.47 Å². The van der Waals surface area contributed by atoms with E-state index in [2.05, 4.69) is 59.8 Å². The van der Waals surface area contributed by atoms with Crippen molar-refractivity contribution in [3.63, 3.8) is 0 Å². The average molecular weight is 354 g/mol. The van der Waals surface area contributed by atoms with Gasteiger partial charge in [0.25, 0.3) is 0 Å². The van der Waals surface area contributed by atoms with Crippen molar-refractivity contribution in [3.05, 3.63) is 60.9 Å². The molecule has 1 aliphatic rings. The highest BCUT2D eigenvalue weighted by Crippen LogP contribution is 2.54. The van der Waals surface area contributed by atoms with Crippen molar-refractivity contribution in [2.75, 3.05) is 0 Å². The van der Waals surface area contributed by atoms with Gasteiger partial charge in [0.05, 0.1) is 5.52 Å². The lowest BCUT2D eigenvalue weighted by atomic mass is 10.1. The highest BCUT2D eigenvalue weighted by Gasteiger charge is 2.28. The Morgan fingerprint density at radius 1 is 0.778 bits per heavy atom. The molecule has 0 saturated carbocycles. The van der Waals surface area contributed by atoms with Crippen LogP contribution >= 0.6 is 0 Å². The molecule has 4 nitrogen and oxygen atoms in total. The van der Waals surface area contributed by atoms with Crippen LogP contribution in [0, 0.1) is 0 Å². The molecule has 1 aliphatic heterocycles. The van der Waals surface area contributed by atoms with Crippen LogP contribution in [0.5, 0.6) is 23.0 Å². The van der Waals surface area contributed by atoms with Crippen molar-refractivity contribution in [2.45, 2.75) is 13.5 Å². The molecule has 0 bridgehead atoms. The lowest BCUT2D eigenvalue weighted by Crippen LogP contribution is -2.02.